The Morgan fingerprint density at radius 2 is 1.24 bits per heavy atom. The Bertz CT molecular complexity index is 1180. The molecule has 0 amide bonds. The summed E-state index contributed by atoms with van der Waals surface area (Å²) in [6, 6.07) is 29.3. The number of hydrogen-bond donors (Lipinski definition) is 0. The Hall–Kier alpha value is -1.53. The number of hydrogen-bond acceptors (Lipinski definition) is 0. The van der Waals surface area contributed by atoms with Gasteiger partial charge in [-0.05, 0) is 0 Å². The standard InChI is InChI=1S/C13H9.C10H15.C7H6.2ClH.Zr/c1-3-7-12-10(5-1)9-11-6-2-4-8-13(11)12;1-8-5-6-9(7-8)10(2,3)4;1-7-5-3-2-4-6-7;;;/h1-9H;6-8H,1-4H3;1-6H;2*1H;/q;;;;;+2/p-2. The van der Waals surface area contributed by atoms with Crippen LogP contribution >= 0.6 is 0 Å². The maximum Gasteiger partial charge on any atom is -1.00 e. The molecule has 3 heteroatoms. The third-order valence-corrected chi connectivity index (χ3v) is 14.5. The van der Waals surface area contributed by atoms with E-state index in [1.165, 1.54) is 22.3 Å². The van der Waals surface area contributed by atoms with Crippen LogP contribution < -0.4 is 24.8 Å². The van der Waals surface area contributed by atoms with Crippen molar-refractivity contribution < 1.29 is 46.1 Å². The quantitative estimate of drug-likeness (QED) is 0.465. The van der Waals surface area contributed by atoms with Crippen molar-refractivity contribution in [3.63, 3.8) is 0 Å². The number of allylic oxidation sites excluding steroid dienone is 4. The van der Waals surface area contributed by atoms with Crippen molar-refractivity contribution in [2.45, 2.75) is 31.3 Å². The fourth-order valence-corrected chi connectivity index (χ4v) is 13.2. The molecule has 0 fully saturated rings. The second-order valence-corrected chi connectivity index (χ2v) is 15.7. The maximum atomic E-state index is 2.70. The summed E-state index contributed by atoms with van der Waals surface area (Å²) >= 11 is -2.29. The second-order valence-electron chi connectivity index (χ2n) is 9.88. The number of benzene rings is 3. The average Bonchev–Trinajstić information content (AvgIpc) is 3.31. The minimum absolute atomic E-state index is 0. The smallest absolute Gasteiger partial charge is 1.00 e. The van der Waals surface area contributed by atoms with Gasteiger partial charge in [-0.3, -0.25) is 0 Å². The van der Waals surface area contributed by atoms with Gasteiger partial charge in [-0.15, -0.1) is 0 Å². The molecule has 1 unspecified atom stereocenters. The van der Waals surface area contributed by atoms with E-state index in [0.29, 0.717) is 9.54 Å². The van der Waals surface area contributed by atoms with Crippen LogP contribution in [0.3, 0.4) is 0 Å². The van der Waals surface area contributed by atoms with E-state index >= 15 is 0 Å². The molecule has 0 nitrogen and oxygen atoms in total. The van der Waals surface area contributed by atoms with E-state index in [9.17, 15) is 0 Å². The summed E-state index contributed by atoms with van der Waals surface area (Å²) in [7, 11) is 0. The van der Waals surface area contributed by atoms with Crippen LogP contribution in [-0.4, -0.2) is 3.71 Å². The summed E-state index contributed by atoms with van der Waals surface area (Å²) < 4.78 is 4.97. The van der Waals surface area contributed by atoms with E-state index in [1.807, 2.05) is 0 Å². The molecule has 1 atom stereocenters. The normalized spacial score (nSPS) is 16.8. The number of fused-ring (bicyclic) bond motifs is 3. The molecule has 0 aromatic heterocycles. The molecule has 3 aromatic carbocycles. The number of rotatable bonds is 3. The fourth-order valence-electron chi connectivity index (χ4n) is 5.07. The molecule has 0 heterocycles. The van der Waals surface area contributed by atoms with Crippen LogP contribution in [0.2, 0.25) is 0 Å². The van der Waals surface area contributed by atoms with Gasteiger partial charge >= 0.3 is 195 Å². The van der Waals surface area contributed by atoms with Crippen molar-refractivity contribution in [2.24, 2.45) is 11.3 Å². The van der Waals surface area contributed by atoms with E-state index < -0.39 is 21.3 Å². The van der Waals surface area contributed by atoms with Gasteiger partial charge in [0.15, 0.2) is 0 Å². The molecule has 0 aliphatic heterocycles. The molecule has 0 spiro atoms. The van der Waals surface area contributed by atoms with Crippen molar-refractivity contribution in [1.82, 2.24) is 0 Å². The summed E-state index contributed by atoms with van der Waals surface area (Å²) in [5, 5.41) is 0. The van der Waals surface area contributed by atoms with Crippen molar-refractivity contribution in [2.75, 3.05) is 0 Å². The molecule has 0 saturated heterocycles. The Morgan fingerprint density at radius 3 is 1.76 bits per heavy atom. The molecule has 0 radical (unpaired) electrons. The molecular weight excluding hydrogens is 522 g/mol. The van der Waals surface area contributed by atoms with E-state index in [4.69, 9.17) is 0 Å². The molecule has 0 bridgehead atoms. The predicted molar refractivity (Wildman–Crippen MR) is 130 cm³/mol. The van der Waals surface area contributed by atoms with Crippen molar-refractivity contribution in [3.05, 3.63) is 117 Å². The van der Waals surface area contributed by atoms with Crippen LogP contribution in [0.5, 0.6) is 0 Å². The van der Waals surface area contributed by atoms with Crippen LogP contribution in [0.15, 0.2) is 99.9 Å². The van der Waals surface area contributed by atoms with Gasteiger partial charge in [0, 0.05) is 0 Å². The summed E-state index contributed by atoms with van der Waals surface area (Å²) in [5.74, 6) is 0.531. The SMILES string of the molecule is CC1C=C(C(C)(C)C)C=[C]1/[Zr+2](=[CH]\c1ccccc1)[CH]1c2ccccc2-c2ccccc21.[Cl-].[Cl-]. The van der Waals surface area contributed by atoms with Crippen molar-refractivity contribution in [1.29, 1.82) is 0 Å². The largest absolute Gasteiger partial charge is 1.00 e. The van der Waals surface area contributed by atoms with Gasteiger partial charge in [0.1, 0.15) is 0 Å². The third-order valence-electron chi connectivity index (χ3n) is 6.70. The Kier molecular flexibility index (Phi) is 8.21. The first-order chi connectivity index (χ1) is 14.9. The number of halogens is 2. The van der Waals surface area contributed by atoms with Gasteiger partial charge in [0.05, 0.1) is 0 Å². The molecule has 0 saturated carbocycles. The van der Waals surface area contributed by atoms with E-state index in [0.717, 1.165) is 0 Å². The minimum Gasteiger partial charge on any atom is -1.00 e. The predicted octanol–water partition coefficient (Wildman–Crippen LogP) is 1.74. The van der Waals surface area contributed by atoms with Crippen LogP contribution in [0.1, 0.15) is 48.0 Å². The van der Waals surface area contributed by atoms with E-state index in [1.54, 1.807) is 14.4 Å². The van der Waals surface area contributed by atoms with Gasteiger partial charge in [0.2, 0.25) is 0 Å². The zero-order valence-corrected chi connectivity index (χ0v) is 23.6. The Balaban J connectivity index is 0.00000153. The van der Waals surface area contributed by atoms with Crippen LogP contribution in [0.25, 0.3) is 11.1 Å². The molecule has 33 heavy (non-hydrogen) atoms. The molecule has 168 valence electrons. The van der Waals surface area contributed by atoms with Gasteiger partial charge in [-0.25, -0.2) is 0 Å². The van der Waals surface area contributed by atoms with Gasteiger partial charge in [-0.2, -0.15) is 0 Å². The van der Waals surface area contributed by atoms with Crippen LogP contribution in [0.4, 0.5) is 0 Å². The van der Waals surface area contributed by atoms with Crippen molar-refractivity contribution in [3.8, 4) is 11.1 Å². The average molecular weight is 553 g/mol. The third kappa shape index (κ3) is 4.97. The van der Waals surface area contributed by atoms with E-state index in [-0.39, 0.29) is 30.2 Å². The molecule has 5 rings (SSSR count). The summed E-state index contributed by atoms with van der Waals surface area (Å²) in [4.78, 5) is 0. The van der Waals surface area contributed by atoms with Crippen molar-refractivity contribution >= 4 is 3.71 Å². The molecule has 2 aliphatic rings. The Labute approximate surface area is 218 Å². The maximum absolute atomic E-state index is 2.70. The first-order valence-corrected chi connectivity index (χ1v) is 15.4. The Morgan fingerprint density at radius 1 is 0.727 bits per heavy atom. The zero-order chi connectivity index (χ0) is 21.6. The second kappa shape index (κ2) is 10.4. The summed E-state index contributed by atoms with van der Waals surface area (Å²) in [5.41, 5.74) is 9.06. The molecular formula is C30H30Cl2Zr. The van der Waals surface area contributed by atoms with E-state index in [2.05, 4.69) is 122 Å². The molecule has 0 N–H and O–H groups in total. The van der Waals surface area contributed by atoms with Crippen LogP contribution in [-0.2, 0) is 21.3 Å². The monoisotopic (exact) mass is 550 g/mol. The summed E-state index contributed by atoms with van der Waals surface area (Å²) in [6.45, 7) is 9.44. The first-order valence-electron chi connectivity index (χ1n) is 11.3. The fraction of sp³-hybridized carbons (Fsp3) is 0.233. The minimum atomic E-state index is -2.29. The first kappa shape index (κ1) is 26.1. The zero-order valence-electron chi connectivity index (χ0n) is 19.6. The van der Waals surface area contributed by atoms with Gasteiger partial charge in [-0.1, -0.05) is 0 Å². The molecule has 2 aliphatic carbocycles. The topological polar surface area (TPSA) is 0 Å². The van der Waals surface area contributed by atoms with Gasteiger partial charge in [0.25, 0.3) is 0 Å². The van der Waals surface area contributed by atoms with Gasteiger partial charge < -0.3 is 24.8 Å². The van der Waals surface area contributed by atoms with Crippen LogP contribution in [0, 0.1) is 11.3 Å². The molecule has 3 aromatic rings. The summed E-state index contributed by atoms with van der Waals surface area (Å²) in [6.07, 6.45) is 5.11.